The summed E-state index contributed by atoms with van der Waals surface area (Å²) in [6, 6.07) is 7.18. The van der Waals surface area contributed by atoms with E-state index in [-0.39, 0.29) is 11.3 Å². The zero-order chi connectivity index (χ0) is 15.3. The number of piperidine rings is 1. The molecule has 21 heavy (non-hydrogen) atoms. The third kappa shape index (κ3) is 4.61. The van der Waals surface area contributed by atoms with Gasteiger partial charge in [-0.3, -0.25) is 4.79 Å². The van der Waals surface area contributed by atoms with Crippen molar-refractivity contribution in [3.63, 3.8) is 0 Å². The van der Waals surface area contributed by atoms with Gasteiger partial charge in [-0.15, -0.1) is 0 Å². The minimum Gasteiger partial charge on any atom is -0.479 e. The molecule has 2 rings (SSSR count). The second-order valence-electron chi connectivity index (χ2n) is 5.97. The maximum atomic E-state index is 12.1. The summed E-state index contributed by atoms with van der Waals surface area (Å²) in [6.07, 6.45) is 1.59. The summed E-state index contributed by atoms with van der Waals surface area (Å²) in [4.78, 5) is 12.1. The Kier molecular flexibility index (Phi) is 5.48. The van der Waals surface area contributed by atoms with E-state index in [1.807, 2.05) is 12.1 Å². The Morgan fingerprint density at radius 2 is 2.10 bits per heavy atom. The zero-order valence-corrected chi connectivity index (χ0v) is 13.4. The number of hydrogen-bond acceptors (Lipinski definition) is 3. The predicted octanol–water partition coefficient (Wildman–Crippen LogP) is 2.61. The molecule has 0 bridgehead atoms. The molecule has 4 nitrogen and oxygen atoms in total. The van der Waals surface area contributed by atoms with Gasteiger partial charge in [-0.25, -0.2) is 0 Å². The van der Waals surface area contributed by atoms with E-state index in [4.69, 9.17) is 16.3 Å². The van der Waals surface area contributed by atoms with Crippen molar-refractivity contribution in [3.8, 4) is 5.75 Å². The molecule has 1 atom stereocenters. The van der Waals surface area contributed by atoms with E-state index < -0.39 is 6.10 Å². The van der Waals surface area contributed by atoms with Crippen LogP contribution in [0.2, 0.25) is 5.02 Å². The van der Waals surface area contributed by atoms with Gasteiger partial charge in [0.05, 0.1) is 5.02 Å². The summed E-state index contributed by atoms with van der Waals surface area (Å²) < 4.78 is 5.62. The molecular weight excluding hydrogens is 288 g/mol. The molecule has 1 amide bonds. The number of nitrogens with one attached hydrogen (secondary N) is 2. The van der Waals surface area contributed by atoms with Crippen LogP contribution in [0.5, 0.6) is 5.75 Å². The van der Waals surface area contributed by atoms with E-state index in [1.165, 1.54) is 0 Å². The molecule has 0 spiro atoms. The molecule has 1 aliphatic rings. The number of benzene rings is 1. The first-order chi connectivity index (χ1) is 10.0. The summed E-state index contributed by atoms with van der Waals surface area (Å²) >= 11 is 6.03. The highest BCUT2D eigenvalue weighted by Gasteiger charge is 2.28. The number of amides is 1. The number of hydrogen-bond donors (Lipinski definition) is 2. The molecule has 0 aromatic heterocycles. The van der Waals surface area contributed by atoms with Gasteiger partial charge in [-0.1, -0.05) is 30.7 Å². The molecule has 1 unspecified atom stereocenters. The molecule has 1 aromatic rings. The molecule has 0 saturated carbocycles. The van der Waals surface area contributed by atoms with Crippen molar-refractivity contribution >= 4 is 17.5 Å². The van der Waals surface area contributed by atoms with Gasteiger partial charge in [-0.05, 0) is 50.4 Å². The monoisotopic (exact) mass is 310 g/mol. The predicted molar refractivity (Wildman–Crippen MR) is 84.8 cm³/mol. The summed E-state index contributed by atoms with van der Waals surface area (Å²) in [5, 5.41) is 6.85. The van der Waals surface area contributed by atoms with Gasteiger partial charge in [0.25, 0.3) is 5.91 Å². The highest BCUT2D eigenvalue weighted by molar-refractivity contribution is 6.32. The molecule has 0 aliphatic carbocycles. The lowest BCUT2D eigenvalue weighted by Gasteiger charge is -2.34. The molecule has 1 heterocycles. The number of halogens is 1. The number of carbonyl (C=O) groups is 1. The SMILES string of the molecule is CC(Oc1ccccc1Cl)C(=O)NCC1(C)CCNCC1. The summed E-state index contributed by atoms with van der Waals surface area (Å²) in [5.74, 6) is 0.435. The molecule has 1 saturated heterocycles. The molecular formula is C16H23ClN2O2. The Morgan fingerprint density at radius 1 is 1.43 bits per heavy atom. The quantitative estimate of drug-likeness (QED) is 0.879. The smallest absolute Gasteiger partial charge is 0.260 e. The molecule has 0 radical (unpaired) electrons. The van der Waals surface area contributed by atoms with Gasteiger partial charge in [0.15, 0.2) is 6.10 Å². The Labute approximate surface area is 131 Å². The molecule has 5 heteroatoms. The van der Waals surface area contributed by atoms with Gasteiger partial charge in [0.2, 0.25) is 0 Å². The first kappa shape index (κ1) is 16.1. The fraction of sp³-hybridized carbons (Fsp3) is 0.562. The van der Waals surface area contributed by atoms with Gasteiger partial charge in [-0.2, -0.15) is 0 Å². The first-order valence-corrected chi connectivity index (χ1v) is 7.78. The van der Waals surface area contributed by atoms with Crippen LogP contribution in [-0.4, -0.2) is 31.6 Å². The Bertz CT molecular complexity index is 487. The molecule has 1 aromatic carbocycles. The van der Waals surface area contributed by atoms with Crippen LogP contribution in [0.4, 0.5) is 0 Å². The Hall–Kier alpha value is -1.26. The summed E-state index contributed by atoms with van der Waals surface area (Å²) in [6.45, 7) is 6.66. The lowest BCUT2D eigenvalue weighted by atomic mass is 9.81. The Balaban J connectivity index is 1.84. The standard InChI is InChI=1S/C16H23ClN2O2/c1-12(21-14-6-4-3-5-13(14)17)15(20)19-11-16(2)7-9-18-10-8-16/h3-6,12,18H,7-11H2,1-2H3,(H,19,20). The largest absolute Gasteiger partial charge is 0.479 e. The number of rotatable bonds is 5. The third-order valence-electron chi connectivity index (χ3n) is 4.01. The second-order valence-corrected chi connectivity index (χ2v) is 6.38. The van der Waals surface area contributed by atoms with Crippen LogP contribution in [0.3, 0.4) is 0 Å². The van der Waals surface area contributed by atoms with Crippen LogP contribution in [0.15, 0.2) is 24.3 Å². The minimum atomic E-state index is -0.560. The lowest BCUT2D eigenvalue weighted by Crippen LogP contribution is -2.45. The van der Waals surface area contributed by atoms with E-state index in [0.29, 0.717) is 17.3 Å². The maximum Gasteiger partial charge on any atom is 0.260 e. The van der Waals surface area contributed by atoms with E-state index in [2.05, 4.69) is 17.6 Å². The van der Waals surface area contributed by atoms with Crippen molar-refractivity contribution in [2.45, 2.75) is 32.8 Å². The van der Waals surface area contributed by atoms with E-state index in [1.54, 1.807) is 19.1 Å². The average molecular weight is 311 g/mol. The minimum absolute atomic E-state index is 0.102. The molecule has 1 fully saturated rings. The van der Waals surface area contributed by atoms with Crippen LogP contribution in [0, 0.1) is 5.41 Å². The van der Waals surface area contributed by atoms with Crippen molar-refractivity contribution in [2.24, 2.45) is 5.41 Å². The normalized spacial score (nSPS) is 18.8. The van der Waals surface area contributed by atoms with E-state index in [9.17, 15) is 4.79 Å². The summed E-state index contributed by atoms with van der Waals surface area (Å²) in [7, 11) is 0. The van der Waals surface area contributed by atoms with Crippen LogP contribution in [0.1, 0.15) is 26.7 Å². The van der Waals surface area contributed by atoms with Gasteiger partial charge >= 0.3 is 0 Å². The fourth-order valence-electron chi connectivity index (χ4n) is 2.44. The van der Waals surface area contributed by atoms with Crippen molar-refractivity contribution in [1.29, 1.82) is 0 Å². The fourth-order valence-corrected chi connectivity index (χ4v) is 2.62. The van der Waals surface area contributed by atoms with E-state index >= 15 is 0 Å². The van der Waals surface area contributed by atoms with Crippen molar-refractivity contribution in [3.05, 3.63) is 29.3 Å². The van der Waals surface area contributed by atoms with Gasteiger partial charge < -0.3 is 15.4 Å². The number of carbonyl (C=O) groups excluding carboxylic acids is 1. The first-order valence-electron chi connectivity index (χ1n) is 7.40. The number of ether oxygens (including phenoxy) is 1. The average Bonchev–Trinajstić information content (AvgIpc) is 2.48. The summed E-state index contributed by atoms with van der Waals surface area (Å²) in [5.41, 5.74) is 0.172. The molecule has 1 aliphatic heterocycles. The topological polar surface area (TPSA) is 50.4 Å². The van der Waals surface area contributed by atoms with Crippen LogP contribution < -0.4 is 15.4 Å². The van der Waals surface area contributed by atoms with Gasteiger partial charge in [0, 0.05) is 6.54 Å². The highest BCUT2D eigenvalue weighted by Crippen LogP contribution is 2.27. The van der Waals surface area contributed by atoms with Crippen LogP contribution in [-0.2, 0) is 4.79 Å². The zero-order valence-electron chi connectivity index (χ0n) is 12.6. The maximum absolute atomic E-state index is 12.1. The van der Waals surface area contributed by atoms with Crippen molar-refractivity contribution in [2.75, 3.05) is 19.6 Å². The van der Waals surface area contributed by atoms with Crippen LogP contribution in [0.25, 0.3) is 0 Å². The van der Waals surface area contributed by atoms with Crippen LogP contribution >= 0.6 is 11.6 Å². The Morgan fingerprint density at radius 3 is 2.76 bits per heavy atom. The molecule has 2 N–H and O–H groups in total. The third-order valence-corrected chi connectivity index (χ3v) is 4.32. The lowest BCUT2D eigenvalue weighted by molar-refractivity contribution is -0.127. The van der Waals surface area contributed by atoms with Crippen molar-refractivity contribution in [1.82, 2.24) is 10.6 Å². The molecule has 116 valence electrons. The van der Waals surface area contributed by atoms with E-state index in [0.717, 1.165) is 25.9 Å². The second kappa shape index (κ2) is 7.14. The van der Waals surface area contributed by atoms with Gasteiger partial charge in [0.1, 0.15) is 5.75 Å². The number of para-hydroxylation sites is 1. The van der Waals surface area contributed by atoms with Crippen molar-refractivity contribution < 1.29 is 9.53 Å². The highest BCUT2D eigenvalue weighted by atomic mass is 35.5.